The summed E-state index contributed by atoms with van der Waals surface area (Å²) in [7, 11) is 0. The number of benzene rings is 2. The molecule has 1 aliphatic heterocycles. The predicted octanol–water partition coefficient (Wildman–Crippen LogP) is 2.99. The van der Waals surface area contributed by atoms with E-state index in [1.807, 2.05) is 31.2 Å². The van der Waals surface area contributed by atoms with Crippen LogP contribution >= 0.6 is 0 Å². The molecule has 0 radical (unpaired) electrons. The molecule has 2 aromatic carbocycles. The third kappa shape index (κ3) is 3.35. The van der Waals surface area contributed by atoms with E-state index in [-0.39, 0.29) is 13.0 Å². The molecule has 0 atom stereocenters. The molecule has 0 saturated carbocycles. The van der Waals surface area contributed by atoms with E-state index >= 15 is 0 Å². The van der Waals surface area contributed by atoms with Crippen LogP contribution in [0.2, 0.25) is 0 Å². The van der Waals surface area contributed by atoms with Gasteiger partial charge in [0.15, 0.2) is 0 Å². The Kier molecular flexibility index (Phi) is 4.48. The van der Waals surface area contributed by atoms with Gasteiger partial charge >= 0.3 is 5.97 Å². The third-order valence-corrected chi connectivity index (χ3v) is 4.11. The van der Waals surface area contributed by atoms with Crippen molar-refractivity contribution in [3.63, 3.8) is 0 Å². The summed E-state index contributed by atoms with van der Waals surface area (Å²) in [6.45, 7) is 1.83. The number of carbonyl (C=O) groups is 3. The van der Waals surface area contributed by atoms with Gasteiger partial charge < -0.3 is 5.11 Å². The highest BCUT2D eigenvalue weighted by molar-refractivity contribution is 6.33. The zero-order chi connectivity index (χ0) is 18.0. The summed E-state index contributed by atoms with van der Waals surface area (Å²) < 4.78 is 0. The van der Waals surface area contributed by atoms with Gasteiger partial charge in [0.05, 0.1) is 6.42 Å². The fraction of sp³-hybridized carbons (Fsp3) is 0.150. The quantitative estimate of drug-likeness (QED) is 0.688. The number of hydrogen-bond donors (Lipinski definition) is 1. The number of carboxylic acids is 1. The summed E-state index contributed by atoms with van der Waals surface area (Å²) in [6, 6.07) is 14.6. The van der Waals surface area contributed by atoms with Gasteiger partial charge in [0.25, 0.3) is 11.8 Å². The lowest BCUT2D eigenvalue weighted by molar-refractivity contribution is -0.137. The minimum Gasteiger partial charge on any atom is -0.481 e. The Bertz CT molecular complexity index is 881. The number of imide groups is 1. The van der Waals surface area contributed by atoms with Gasteiger partial charge in [-0.2, -0.15) is 0 Å². The Morgan fingerprint density at radius 1 is 1.00 bits per heavy atom. The van der Waals surface area contributed by atoms with E-state index in [0.717, 1.165) is 16.0 Å². The summed E-state index contributed by atoms with van der Waals surface area (Å²) in [5, 5.41) is 8.88. The maximum absolute atomic E-state index is 12.8. The zero-order valence-corrected chi connectivity index (χ0v) is 13.7. The summed E-state index contributed by atoms with van der Waals surface area (Å²) in [4.78, 5) is 37.2. The molecule has 3 rings (SSSR count). The molecule has 5 heteroatoms. The third-order valence-electron chi connectivity index (χ3n) is 4.11. The van der Waals surface area contributed by atoms with Crippen LogP contribution in [0.1, 0.15) is 33.5 Å². The number of fused-ring (bicyclic) bond motifs is 1. The first-order valence-electron chi connectivity index (χ1n) is 7.93. The molecule has 0 fully saturated rings. The molecule has 25 heavy (non-hydrogen) atoms. The van der Waals surface area contributed by atoms with Crippen LogP contribution in [0.25, 0.3) is 11.6 Å². The van der Waals surface area contributed by atoms with Gasteiger partial charge in [-0.15, -0.1) is 0 Å². The number of rotatable bonds is 4. The molecule has 1 N–H and O–H groups in total. The molecular formula is C20H17NO4. The summed E-state index contributed by atoms with van der Waals surface area (Å²) in [6.07, 6.45) is 1.46. The number of carboxylic acid groups (broad SMARTS) is 1. The molecule has 0 unspecified atom stereocenters. The van der Waals surface area contributed by atoms with Crippen molar-refractivity contribution in [3.05, 3.63) is 70.8 Å². The molecule has 2 amide bonds. The number of aryl methyl sites for hydroxylation is 1. The van der Waals surface area contributed by atoms with Gasteiger partial charge in [-0.1, -0.05) is 48.0 Å². The normalized spacial score (nSPS) is 15.4. The summed E-state index contributed by atoms with van der Waals surface area (Å²) in [5.41, 5.74) is 3.33. The standard InChI is InChI=1S/C20H17NO4/c1-13-6-8-14(9-7-13)12-17-15-4-2-3-5-16(15)19(24)21(20(17)25)11-10-18(22)23/h2-9,12H,10-11H2,1H3,(H,22,23)/b17-12-. The van der Waals surface area contributed by atoms with Crippen LogP contribution in [0.15, 0.2) is 48.5 Å². The fourth-order valence-electron chi connectivity index (χ4n) is 2.78. The maximum atomic E-state index is 12.8. The highest BCUT2D eigenvalue weighted by Gasteiger charge is 2.34. The minimum atomic E-state index is -1.05. The minimum absolute atomic E-state index is 0.146. The van der Waals surface area contributed by atoms with Crippen molar-refractivity contribution < 1.29 is 19.5 Å². The number of carbonyl (C=O) groups excluding carboxylic acids is 2. The van der Waals surface area contributed by atoms with E-state index in [1.165, 1.54) is 0 Å². The first-order valence-corrected chi connectivity index (χ1v) is 7.93. The Morgan fingerprint density at radius 3 is 2.28 bits per heavy atom. The molecule has 126 valence electrons. The highest BCUT2D eigenvalue weighted by Crippen LogP contribution is 2.30. The van der Waals surface area contributed by atoms with E-state index in [2.05, 4.69) is 0 Å². The van der Waals surface area contributed by atoms with E-state index in [1.54, 1.807) is 30.3 Å². The number of aliphatic carboxylic acids is 1. The van der Waals surface area contributed by atoms with Crippen molar-refractivity contribution in [1.82, 2.24) is 4.90 Å². The second kappa shape index (κ2) is 6.73. The number of nitrogens with zero attached hydrogens (tertiary/aromatic N) is 1. The summed E-state index contributed by atoms with van der Waals surface area (Å²) in [5.74, 6) is -1.98. The van der Waals surface area contributed by atoms with Crippen molar-refractivity contribution >= 4 is 29.4 Å². The maximum Gasteiger partial charge on any atom is 0.305 e. The SMILES string of the molecule is Cc1ccc(/C=C2\C(=O)N(CCC(=O)O)C(=O)c3ccccc32)cc1. The van der Waals surface area contributed by atoms with Crippen molar-refractivity contribution in [2.24, 2.45) is 0 Å². The average Bonchev–Trinajstić information content (AvgIpc) is 2.60. The molecule has 0 spiro atoms. The molecule has 0 bridgehead atoms. The summed E-state index contributed by atoms with van der Waals surface area (Å²) >= 11 is 0. The van der Waals surface area contributed by atoms with Crippen molar-refractivity contribution in [2.45, 2.75) is 13.3 Å². The van der Waals surface area contributed by atoms with Crippen LogP contribution in [0, 0.1) is 6.92 Å². The Hall–Kier alpha value is -3.21. The first kappa shape index (κ1) is 16.6. The molecule has 0 aromatic heterocycles. The second-order valence-electron chi connectivity index (χ2n) is 5.92. The largest absolute Gasteiger partial charge is 0.481 e. The van der Waals surface area contributed by atoms with Crippen LogP contribution in [0.4, 0.5) is 0 Å². The Balaban J connectivity index is 2.07. The second-order valence-corrected chi connectivity index (χ2v) is 5.92. The molecule has 0 saturated heterocycles. The van der Waals surface area contributed by atoms with Crippen LogP contribution in [-0.2, 0) is 9.59 Å². The molecule has 2 aromatic rings. The van der Waals surface area contributed by atoms with Gasteiger partial charge in [-0.3, -0.25) is 19.3 Å². The van der Waals surface area contributed by atoms with E-state index in [9.17, 15) is 14.4 Å². The van der Waals surface area contributed by atoms with Crippen LogP contribution in [0.5, 0.6) is 0 Å². The smallest absolute Gasteiger partial charge is 0.305 e. The van der Waals surface area contributed by atoms with Crippen LogP contribution in [-0.4, -0.2) is 34.3 Å². The van der Waals surface area contributed by atoms with Crippen LogP contribution in [0.3, 0.4) is 0 Å². The van der Waals surface area contributed by atoms with Gasteiger partial charge in [-0.25, -0.2) is 0 Å². The zero-order valence-electron chi connectivity index (χ0n) is 13.7. The molecule has 1 heterocycles. The molecule has 1 aliphatic rings. The number of amides is 2. The van der Waals surface area contributed by atoms with E-state index in [4.69, 9.17) is 5.11 Å². The Morgan fingerprint density at radius 2 is 1.64 bits per heavy atom. The van der Waals surface area contributed by atoms with E-state index in [0.29, 0.717) is 16.7 Å². The molecule has 5 nitrogen and oxygen atoms in total. The topological polar surface area (TPSA) is 74.7 Å². The lowest BCUT2D eigenvalue weighted by Gasteiger charge is -2.28. The molecule has 0 aliphatic carbocycles. The monoisotopic (exact) mass is 335 g/mol. The number of hydrogen-bond acceptors (Lipinski definition) is 3. The van der Waals surface area contributed by atoms with Crippen molar-refractivity contribution in [1.29, 1.82) is 0 Å². The van der Waals surface area contributed by atoms with Crippen molar-refractivity contribution in [3.8, 4) is 0 Å². The van der Waals surface area contributed by atoms with Gasteiger partial charge in [-0.05, 0) is 30.2 Å². The fourth-order valence-corrected chi connectivity index (χ4v) is 2.78. The first-order chi connectivity index (χ1) is 12.0. The van der Waals surface area contributed by atoms with Crippen molar-refractivity contribution in [2.75, 3.05) is 6.54 Å². The highest BCUT2D eigenvalue weighted by atomic mass is 16.4. The average molecular weight is 335 g/mol. The predicted molar refractivity (Wildman–Crippen MR) is 93.8 cm³/mol. The molecular weight excluding hydrogens is 318 g/mol. The van der Waals surface area contributed by atoms with E-state index < -0.39 is 17.8 Å². The lowest BCUT2D eigenvalue weighted by atomic mass is 9.92. The van der Waals surface area contributed by atoms with Gasteiger partial charge in [0.1, 0.15) is 0 Å². The van der Waals surface area contributed by atoms with Gasteiger partial charge in [0.2, 0.25) is 0 Å². The van der Waals surface area contributed by atoms with Gasteiger partial charge in [0, 0.05) is 17.7 Å². The lowest BCUT2D eigenvalue weighted by Crippen LogP contribution is -2.42. The Labute approximate surface area is 145 Å². The van der Waals surface area contributed by atoms with Crippen LogP contribution < -0.4 is 0 Å².